The summed E-state index contributed by atoms with van der Waals surface area (Å²) in [5, 5.41) is 1.76. The first kappa shape index (κ1) is 15.3. The predicted molar refractivity (Wildman–Crippen MR) is 80.6 cm³/mol. The number of halogens is 1. The third-order valence-corrected chi connectivity index (χ3v) is 4.67. The molecule has 108 valence electrons. The highest BCUT2D eigenvalue weighted by Gasteiger charge is 2.18. The van der Waals surface area contributed by atoms with Gasteiger partial charge in [0.25, 0.3) is 0 Å². The molecule has 2 rings (SSSR count). The van der Waals surface area contributed by atoms with E-state index in [0.717, 1.165) is 5.39 Å². The van der Waals surface area contributed by atoms with E-state index in [2.05, 4.69) is 4.72 Å². The molecule has 0 aliphatic rings. The van der Waals surface area contributed by atoms with Gasteiger partial charge in [-0.05, 0) is 24.4 Å². The van der Waals surface area contributed by atoms with E-state index in [-0.39, 0.29) is 11.4 Å². The van der Waals surface area contributed by atoms with Crippen LogP contribution in [0.2, 0.25) is 5.02 Å². The molecule has 2 aromatic carbocycles. The molecule has 0 radical (unpaired) electrons. The van der Waals surface area contributed by atoms with Gasteiger partial charge in [0.1, 0.15) is 0 Å². The zero-order chi connectivity index (χ0) is 14.6. The van der Waals surface area contributed by atoms with Crippen molar-refractivity contribution < 1.29 is 13.2 Å². The summed E-state index contributed by atoms with van der Waals surface area (Å²) in [6, 6.07) is 10.4. The molecule has 1 N–H and O–H groups in total. The normalized spacial score (nSPS) is 11.9. The van der Waals surface area contributed by atoms with Crippen LogP contribution in [0.25, 0.3) is 10.8 Å². The molecule has 20 heavy (non-hydrogen) atoms. The maximum absolute atomic E-state index is 12.3. The van der Waals surface area contributed by atoms with Gasteiger partial charge >= 0.3 is 0 Å². The maximum atomic E-state index is 12.3. The number of benzene rings is 2. The summed E-state index contributed by atoms with van der Waals surface area (Å²) in [6.45, 7) is 2.99. The first-order valence-corrected chi connectivity index (χ1v) is 8.17. The molecular weight excluding hydrogens is 298 g/mol. The molecule has 0 heterocycles. The fraction of sp³-hybridized carbons (Fsp3) is 0.286. The Kier molecular flexibility index (Phi) is 4.99. The summed E-state index contributed by atoms with van der Waals surface area (Å²) in [5.74, 6) is 0. The number of fused-ring (bicyclic) bond motifs is 1. The Labute approximate surface area is 123 Å². The van der Waals surface area contributed by atoms with Gasteiger partial charge in [0.15, 0.2) is 0 Å². The predicted octanol–water partition coefficient (Wildman–Crippen LogP) is 2.81. The van der Waals surface area contributed by atoms with Crippen molar-refractivity contribution >= 4 is 32.4 Å². The molecule has 0 aliphatic heterocycles. The summed E-state index contributed by atoms with van der Waals surface area (Å²) in [7, 11) is -3.60. The van der Waals surface area contributed by atoms with Crippen LogP contribution in [0.15, 0.2) is 41.3 Å². The van der Waals surface area contributed by atoms with Crippen molar-refractivity contribution in [3.63, 3.8) is 0 Å². The first-order valence-electron chi connectivity index (χ1n) is 6.31. The topological polar surface area (TPSA) is 55.4 Å². The standard InChI is InChI=1S/C14H16ClNO3S/c1-2-19-10-9-16-20(17,18)13-8-4-6-11-5-3-7-12(15)14(11)13/h3-8,16H,2,9-10H2,1H3. The van der Waals surface area contributed by atoms with E-state index in [4.69, 9.17) is 16.3 Å². The van der Waals surface area contributed by atoms with Gasteiger partial charge in [-0.3, -0.25) is 0 Å². The molecular formula is C14H16ClNO3S. The molecule has 0 atom stereocenters. The second kappa shape index (κ2) is 6.54. The second-order valence-electron chi connectivity index (χ2n) is 4.19. The highest BCUT2D eigenvalue weighted by Crippen LogP contribution is 2.29. The van der Waals surface area contributed by atoms with Crippen molar-refractivity contribution in [1.82, 2.24) is 4.72 Å². The number of ether oxygens (including phenoxy) is 1. The molecule has 0 unspecified atom stereocenters. The SMILES string of the molecule is CCOCCNS(=O)(=O)c1cccc2cccc(Cl)c12. The summed E-state index contributed by atoms with van der Waals surface area (Å²) in [4.78, 5) is 0.192. The summed E-state index contributed by atoms with van der Waals surface area (Å²) < 4.78 is 32.3. The van der Waals surface area contributed by atoms with Crippen molar-refractivity contribution in [1.29, 1.82) is 0 Å². The lowest BCUT2D eigenvalue weighted by molar-refractivity contribution is 0.153. The van der Waals surface area contributed by atoms with E-state index < -0.39 is 10.0 Å². The van der Waals surface area contributed by atoms with Crippen molar-refractivity contribution in [3.8, 4) is 0 Å². The van der Waals surface area contributed by atoms with Gasteiger partial charge in [0.2, 0.25) is 10.0 Å². The van der Waals surface area contributed by atoms with Crippen LogP contribution in [-0.2, 0) is 14.8 Å². The molecule has 0 aliphatic carbocycles. The minimum absolute atomic E-state index is 0.192. The monoisotopic (exact) mass is 313 g/mol. The van der Waals surface area contributed by atoms with Gasteiger partial charge in [-0.25, -0.2) is 13.1 Å². The number of hydrogen-bond donors (Lipinski definition) is 1. The fourth-order valence-electron chi connectivity index (χ4n) is 1.96. The summed E-state index contributed by atoms with van der Waals surface area (Å²) in [5.41, 5.74) is 0. The van der Waals surface area contributed by atoms with Gasteiger partial charge in [-0.15, -0.1) is 0 Å². The Morgan fingerprint density at radius 3 is 2.60 bits per heavy atom. The van der Waals surface area contributed by atoms with Crippen LogP contribution < -0.4 is 4.72 Å². The number of sulfonamides is 1. The van der Waals surface area contributed by atoms with Crippen LogP contribution in [0.3, 0.4) is 0 Å². The van der Waals surface area contributed by atoms with Crippen molar-refractivity contribution in [2.75, 3.05) is 19.8 Å². The number of rotatable bonds is 6. The third kappa shape index (κ3) is 3.30. The third-order valence-electron chi connectivity index (χ3n) is 2.85. The lowest BCUT2D eigenvalue weighted by Crippen LogP contribution is -2.27. The molecule has 0 fully saturated rings. The molecule has 4 nitrogen and oxygen atoms in total. The molecule has 0 saturated heterocycles. The van der Waals surface area contributed by atoms with Crippen LogP contribution in [0.1, 0.15) is 6.92 Å². The number of hydrogen-bond acceptors (Lipinski definition) is 3. The van der Waals surface area contributed by atoms with E-state index in [0.29, 0.717) is 23.6 Å². The average Bonchev–Trinajstić information content (AvgIpc) is 2.43. The Bertz CT molecular complexity index is 695. The van der Waals surface area contributed by atoms with Gasteiger partial charge in [-0.1, -0.05) is 35.9 Å². The maximum Gasteiger partial charge on any atom is 0.241 e. The van der Waals surface area contributed by atoms with Crippen molar-refractivity contribution in [2.24, 2.45) is 0 Å². The highest BCUT2D eigenvalue weighted by atomic mass is 35.5. The average molecular weight is 314 g/mol. The molecule has 2 aromatic rings. The smallest absolute Gasteiger partial charge is 0.241 e. The van der Waals surface area contributed by atoms with Crippen molar-refractivity contribution in [2.45, 2.75) is 11.8 Å². The zero-order valence-corrected chi connectivity index (χ0v) is 12.7. The van der Waals surface area contributed by atoms with Gasteiger partial charge < -0.3 is 4.74 Å². The Morgan fingerprint density at radius 1 is 1.20 bits per heavy atom. The Balaban J connectivity index is 2.37. The second-order valence-corrected chi connectivity index (χ2v) is 6.33. The minimum Gasteiger partial charge on any atom is -0.380 e. The molecule has 0 amide bonds. The zero-order valence-electron chi connectivity index (χ0n) is 11.1. The first-order chi connectivity index (χ1) is 9.56. The lowest BCUT2D eigenvalue weighted by Gasteiger charge is -2.10. The summed E-state index contributed by atoms with van der Waals surface area (Å²) >= 11 is 6.14. The van der Waals surface area contributed by atoms with E-state index >= 15 is 0 Å². The highest BCUT2D eigenvalue weighted by molar-refractivity contribution is 7.89. The van der Waals surface area contributed by atoms with E-state index in [1.807, 2.05) is 19.1 Å². The molecule has 0 aromatic heterocycles. The molecule has 0 bridgehead atoms. The lowest BCUT2D eigenvalue weighted by atomic mass is 10.1. The minimum atomic E-state index is -3.60. The fourth-order valence-corrected chi connectivity index (χ4v) is 3.56. The van der Waals surface area contributed by atoms with E-state index in [1.165, 1.54) is 0 Å². The Hall–Kier alpha value is -1.14. The van der Waals surface area contributed by atoms with Crippen LogP contribution in [0.5, 0.6) is 0 Å². The largest absolute Gasteiger partial charge is 0.380 e. The van der Waals surface area contributed by atoms with Crippen LogP contribution >= 0.6 is 11.6 Å². The molecule has 0 spiro atoms. The Morgan fingerprint density at radius 2 is 1.90 bits per heavy atom. The van der Waals surface area contributed by atoms with Crippen molar-refractivity contribution in [3.05, 3.63) is 41.4 Å². The van der Waals surface area contributed by atoms with Crippen LogP contribution in [0, 0.1) is 0 Å². The molecule has 0 saturated carbocycles. The quantitative estimate of drug-likeness (QED) is 0.834. The van der Waals surface area contributed by atoms with Crippen LogP contribution in [0.4, 0.5) is 0 Å². The molecule has 6 heteroatoms. The summed E-state index contributed by atoms with van der Waals surface area (Å²) in [6.07, 6.45) is 0. The van der Waals surface area contributed by atoms with E-state index in [1.54, 1.807) is 24.3 Å². The van der Waals surface area contributed by atoms with Gasteiger partial charge in [0, 0.05) is 23.6 Å². The number of nitrogens with one attached hydrogen (secondary N) is 1. The van der Waals surface area contributed by atoms with E-state index in [9.17, 15) is 8.42 Å². The van der Waals surface area contributed by atoms with Gasteiger partial charge in [-0.2, -0.15) is 0 Å². The van der Waals surface area contributed by atoms with Gasteiger partial charge in [0.05, 0.1) is 11.5 Å². The van der Waals surface area contributed by atoms with Crippen LogP contribution in [-0.4, -0.2) is 28.2 Å².